The highest BCUT2D eigenvalue weighted by Crippen LogP contribution is 2.28. The van der Waals surface area contributed by atoms with Crippen LogP contribution in [0.3, 0.4) is 0 Å². The van der Waals surface area contributed by atoms with E-state index in [1.54, 1.807) is 0 Å². The molecule has 0 amide bonds. The van der Waals surface area contributed by atoms with Crippen molar-refractivity contribution >= 4 is 23.1 Å². The Bertz CT molecular complexity index is 232. The van der Waals surface area contributed by atoms with Crippen LogP contribution < -0.4 is 0 Å². The molecule has 0 radical (unpaired) electrons. The monoisotopic (exact) mass is 188 g/mol. The molecule has 0 atom stereocenters. The zero-order chi connectivity index (χ0) is 7.78. The average Bonchev–Trinajstić information content (AvgIpc) is 2.11. The van der Waals surface area contributed by atoms with Crippen molar-refractivity contribution in [2.24, 2.45) is 0 Å². The van der Waals surface area contributed by atoms with Gasteiger partial charge in [-0.2, -0.15) is 22.5 Å². The third-order valence-electron chi connectivity index (χ3n) is 0.655. The lowest BCUT2D eigenvalue weighted by Gasteiger charge is -1.96. The summed E-state index contributed by atoms with van der Waals surface area (Å²) >= 11 is 5.63. The summed E-state index contributed by atoms with van der Waals surface area (Å²) in [5.41, 5.74) is 0. The summed E-state index contributed by atoms with van der Waals surface area (Å²) in [5, 5.41) is 0. The van der Waals surface area contributed by atoms with Crippen molar-refractivity contribution in [3.05, 3.63) is 10.3 Å². The molecule has 0 saturated carbocycles. The lowest BCUT2D eigenvalue weighted by atomic mass is 10.6. The van der Waals surface area contributed by atoms with E-state index in [9.17, 15) is 13.2 Å². The predicted molar refractivity (Wildman–Crippen MR) is 29.9 cm³/mol. The van der Waals surface area contributed by atoms with E-state index in [2.05, 4.69) is 9.36 Å². The summed E-state index contributed by atoms with van der Waals surface area (Å²) in [6.45, 7) is 0. The standard InChI is InChI=1S/C3ClF3N2S/c4-2-8-1(9-10-2)3(5,6)7. The Kier molecular flexibility index (Phi) is 1.82. The minimum absolute atomic E-state index is 0.202. The number of alkyl halides is 3. The zero-order valence-electron chi connectivity index (χ0n) is 4.31. The first-order valence-electron chi connectivity index (χ1n) is 2.06. The maximum absolute atomic E-state index is 11.6. The van der Waals surface area contributed by atoms with E-state index in [1.807, 2.05) is 0 Å². The molecule has 1 aromatic rings. The van der Waals surface area contributed by atoms with Gasteiger partial charge in [0, 0.05) is 0 Å². The van der Waals surface area contributed by atoms with Gasteiger partial charge in [-0.3, -0.25) is 0 Å². The first-order valence-corrected chi connectivity index (χ1v) is 3.21. The van der Waals surface area contributed by atoms with Crippen molar-refractivity contribution in [2.45, 2.75) is 6.18 Å². The molecule has 1 heterocycles. The molecule has 0 aliphatic heterocycles. The van der Waals surface area contributed by atoms with Crippen LogP contribution in [0.1, 0.15) is 5.82 Å². The average molecular weight is 189 g/mol. The number of hydrogen-bond donors (Lipinski definition) is 0. The van der Waals surface area contributed by atoms with Crippen molar-refractivity contribution in [2.75, 3.05) is 0 Å². The maximum atomic E-state index is 11.6. The van der Waals surface area contributed by atoms with Crippen LogP contribution >= 0.6 is 23.1 Å². The van der Waals surface area contributed by atoms with Crippen molar-refractivity contribution in [1.29, 1.82) is 0 Å². The van der Waals surface area contributed by atoms with Crippen molar-refractivity contribution in [1.82, 2.24) is 9.36 Å². The van der Waals surface area contributed by atoms with Crippen LogP contribution in [0.5, 0.6) is 0 Å². The largest absolute Gasteiger partial charge is 0.452 e. The smallest absolute Gasteiger partial charge is 0.199 e. The molecule has 0 aliphatic rings. The van der Waals surface area contributed by atoms with Gasteiger partial charge in [0.2, 0.25) is 10.3 Å². The van der Waals surface area contributed by atoms with Gasteiger partial charge in [-0.25, -0.2) is 0 Å². The van der Waals surface area contributed by atoms with Gasteiger partial charge in [0.15, 0.2) is 0 Å². The fraction of sp³-hybridized carbons (Fsp3) is 0.333. The number of nitrogens with zero attached hydrogens (tertiary/aromatic N) is 2. The van der Waals surface area contributed by atoms with Gasteiger partial charge < -0.3 is 0 Å². The molecule has 0 spiro atoms. The molecule has 10 heavy (non-hydrogen) atoms. The molecule has 2 nitrogen and oxygen atoms in total. The number of aromatic nitrogens is 2. The summed E-state index contributed by atoms with van der Waals surface area (Å²) in [7, 11) is 0. The van der Waals surface area contributed by atoms with E-state index >= 15 is 0 Å². The summed E-state index contributed by atoms with van der Waals surface area (Å²) in [4.78, 5) is 2.93. The van der Waals surface area contributed by atoms with E-state index in [-0.39, 0.29) is 4.47 Å². The van der Waals surface area contributed by atoms with Gasteiger partial charge in [0.1, 0.15) is 0 Å². The van der Waals surface area contributed by atoms with Gasteiger partial charge in [0.05, 0.1) is 0 Å². The van der Waals surface area contributed by atoms with Crippen LogP contribution in [0.15, 0.2) is 0 Å². The topological polar surface area (TPSA) is 25.8 Å². The van der Waals surface area contributed by atoms with Gasteiger partial charge in [-0.05, 0) is 23.1 Å². The Morgan fingerprint density at radius 2 is 2.00 bits per heavy atom. The van der Waals surface area contributed by atoms with E-state index in [0.29, 0.717) is 11.5 Å². The Hall–Kier alpha value is -0.360. The number of hydrogen-bond acceptors (Lipinski definition) is 3. The quantitative estimate of drug-likeness (QED) is 0.624. The van der Waals surface area contributed by atoms with E-state index < -0.39 is 12.0 Å². The molecule has 0 fully saturated rings. The predicted octanol–water partition coefficient (Wildman–Crippen LogP) is 2.21. The van der Waals surface area contributed by atoms with Crippen LogP contribution in [0.2, 0.25) is 4.47 Å². The van der Waals surface area contributed by atoms with Crippen LogP contribution in [0.25, 0.3) is 0 Å². The molecule has 1 rings (SSSR count). The highest BCUT2D eigenvalue weighted by Gasteiger charge is 2.35. The minimum atomic E-state index is -4.48. The lowest BCUT2D eigenvalue weighted by Crippen LogP contribution is -2.06. The molecular weight excluding hydrogens is 189 g/mol. The third-order valence-corrected chi connectivity index (χ3v) is 1.45. The van der Waals surface area contributed by atoms with E-state index in [4.69, 9.17) is 11.6 Å². The second-order valence-corrected chi connectivity index (χ2v) is 2.70. The molecule has 0 aliphatic carbocycles. The lowest BCUT2D eigenvalue weighted by molar-refractivity contribution is -0.144. The molecule has 0 bridgehead atoms. The molecule has 0 N–H and O–H groups in total. The SMILES string of the molecule is FC(F)(F)c1nsc(Cl)n1. The number of rotatable bonds is 0. The molecule has 56 valence electrons. The Morgan fingerprint density at radius 1 is 1.40 bits per heavy atom. The van der Waals surface area contributed by atoms with E-state index in [1.165, 1.54) is 0 Å². The van der Waals surface area contributed by atoms with E-state index in [0.717, 1.165) is 0 Å². The van der Waals surface area contributed by atoms with Gasteiger partial charge >= 0.3 is 6.18 Å². The summed E-state index contributed by atoms with van der Waals surface area (Å²) in [6, 6.07) is 0. The van der Waals surface area contributed by atoms with Gasteiger partial charge in [-0.1, -0.05) is 0 Å². The summed E-state index contributed by atoms with van der Waals surface area (Å²) < 4.78 is 37.6. The zero-order valence-corrected chi connectivity index (χ0v) is 5.89. The first kappa shape index (κ1) is 7.74. The van der Waals surface area contributed by atoms with Crippen LogP contribution in [0.4, 0.5) is 13.2 Å². The highest BCUT2D eigenvalue weighted by atomic mass is 35.5. The minimum Gasteiger partial charge on any atom is -0.199 e. The first-order chi connectivity index (χ1) is 4.50. The molecule has 0 saturated heterocycles. The molecule has 0 aromatic carbocycles. The third kappa shape index (κ3) is 1.57. The van der Waals surface area contributed by atoms with Crippen LogP contribution in [-0.2, 0) is 6.18 Å². The summed E-state index contributed by atoms with van der Waals surface area (Å²) in [5.74, 6) is -1.18. The maximum Gasteiger partial charge on any atom is 0.452 e. The molecule has 0 unspecified atom stereocenters. The Balaban J connectivity index is 2.96. The van der Waals surface area contributed by atoms with Crippen LogP contribution in [0, 0.1) is 0 Å². The van der Waals surface area contributed by atoms with Crippen molar-refractivity contribution in [3.8, 4) is 0 Å². The Labute approximate surface area is 62.8 Å². The van der Waals surface area contributed by atoms with Crippen molar-refractivity contribution in [3.63, 3.8) is 0 Å². The number of halogens is 4. The highest BCUT2D eigenvalue weighted by molar-refractivity contribution is 7.10. The van der Waals surface area contributed by atoms with Gasteiger partial charge in [0.25, 0.3) is 0 Å². The normalized spacial score (nSPS) is 12.0. The summed E-state index contributed by atoms with van der Waals surface area (Å²) in [6.07, 6.45) is -4.48. The molecule has 7 heteroatoms. The Morgan fingerprint density at radius 3 is 2.20 bits per heavy atom. The van der Waals surface area contributed by atoms with Gasteiger partial charge in [-0.15, -0.1) is 0 Å². The van der Waals surface area contributed by atoms with Crippen LogP contribution in [-0.4, -0.2) is 9.36 Å². The molecule has 1 aromatic heterocycles. The fourth-order valence-electron chi connectivity index (χ4n) is 0.320. The fourth-order valence-corrected chi connectivity index (χ4v) is 0.937. The molecular formula is C3ClF3N2S. The second kappa shape index (κ2) is 2.35. The van der Waals surface area contributed by atoms with Crippen molar-refractivity contribution < 1.29 is 13.2 Å². The second-order valence-electron chi connectivity index (χ2n) is 1.37.